The van der Waals surface area contributed by atoms with Crippen LogP contribution in [0.1, 0.15) is 31.9 Å². The van der Waals surface area contributed by atoms with Crippen molar-refractivity contribution in [2.75, 3.05) is 18.4 Å². The predicted molar refractivity (Wildman–Crippen MR) is 120 cm³/mol. The highest BCUT2D eigenvalue weighted by atomic mass is 16.6. The van der Waals surface area contributed by atoms with Gasteiger partial charge >= 0.3 is 12.2 Å². The standard InChI is InChI=1S/C24H29N3O5/c1-24(2,3)32-23(30)26-20-12-8-7-11-18(20)13-21(28)27-14-19(15-27)25-22(29)31-16-17-9-5-4-6-10-17/h4-12,19H,13-16H2,1-3H3,(H,25,29)(H,26,30). The highest BCUT2D eigenvalue weighted by Gasteiger charge is 2.32. The average Bonchev–Trinajstić information content (AvgIpc) is 2.69. The van der Waals surface area contributed by atoms with Gasteiger partial charge in [-0.15, -0.1) is 0 Å². The summed E-state index contributed by atoms with van der Waals surface area (Å²) in [5, 5.41) is 5.47. The molecular weight excluding hydrogens is 410 g/mol. The normalized spacial score (nSPS) is 13.7. The van der Waals surface area contributed by atoms with E-state index in [1.807, 2.05) is 36.4 Å². The van der Waals surface area contributed by atoms with Crippen LogP contribution in [0, 0.1) is 0 Å². The molecule has 0 aromatic heterocycles. The number of hydrogen-bond acceptors (Lipinski definition) is 5. The Morgan fingerprint density at radius 3 is 2.31 bits per heavy atom. The Hall–Kier alpha value is -3.55. The van der Waals surface area contributed by atoms with Gasteiger partial charge in [-0.1, -0.05) is 48.5 Å². The highest BCUT2D eigenvalue weighted by molar-refractivity contribution is 5.88. The van der Waals surface area contributed by atoms with Crippen LogP contribution in [0.5, 0.6) is 0 Å². The largest absolute Gasteiger partial charge is 0.445 e. The molecule has 1 saturated heterocycles. The van der Waals surface area contributed by atoms with Crippen molar-refractivity contribution in [3.05, 3.63) is 65.7 Å². The van der Waals surface area contributed by atoms with Gasteiger partial charge < -0.3 is 19.7 Å². The van der Waals surface area contributed by atoms with E-state index in [1.54, 1.807) is 43.9 Å². The summed E-state index contributed by atoms with van der Waals surface area (Å²) in [4.78, 5) is 38.3. The SMILES string of the molecule is CC(C)(C)OC(=O)Nc1ccccc1CC(=O)N1CC(NC(=O)OCc2ccccc2)C1. The molecule has 0 bridgehead atoms. The fourth-order valence-corrected chi connectivity index (χ4v) is 3.19. The van der Waals surface area contributed by atoms with Gasteiger partial charge in [-0.25, -0.2) is 9.59 Å². The van der Waals surface area contributed by atoms with E-state index in [2.05, 4.69) is 10.6 Å². The molecule has 0 unspecified atom stereocenters. The van der Waals surface area contributed by atoms with Crippen LogP contribution in [0.15, 0.2) is 54.6 Å². The van der Waals surface area contributed by atoms with Crippen molar-refractivity contribution in [1.29, 1.82) is 0 Å². The molecular formula is C24H29N3O5. The van der Waals surface area contributed by atoms with Crippen LogP contribution in [-0.4, -0.2) is 47.7 Å². The average molecular weight is 440 g/mol. The number of nitrogens with zero attached hydrogens (tertiary/aromatic N) is 1. The lowest BCUT2D eigenvalue weighted by Gasteiger charge is -2.39. The van der Waals surface area contributed by atoms with Crippen LogP contribution >= 0.6 is 0 Å². The van der Waals surface area contributed by atoms with E-state index in [0.717, 1.165) is 5.56 Å². The molecule has 2 N–H and O–H groups in total. The third-order valence-electron chi connectivity index (χ3n) is 4.76. The van der Waals surface area contributed by atoms with Gasteiger partial charge in [-0.3, -0.25) is 10.1 Å². The Morgan fingerprint density at radius 1 is 0.969 bits per heavy atom. The van der Waals surface area contributed by atoms with Gasteiger partial charge in [0.15, 0.2) is 0 Å². The maximum Gasteiger partial charge on any atom is 0.412 e. The van der Waals surface area contributed by atoms with E-state index in [1.165, 1.54) is 0 Å². The number of para-hydroxylation sites is 1. The topological polar surface area (TPSA) is 97.0 Å². The van der Waals surface area contributed by atoms with E-state index in [-0.39, 0.29) is 25.0 Å². The second-order valence-electron chi connectivity index (χ2n) is 8.66. The minimum absolute atomic E-state index is 0.0841. The number of carbonyl (C=O) groups excluding carboxylic acids is 3. The number of ether oxygens (including phenoxy) is 2. The summed E-state index contributed by atoms with van der Waals surface area (Å²) in [6.45, 7) is 6.39. The first kappa shape index (κ1) is 23.1. The van der Waals surface area contributed by atoms with Crippen LogP contribution in [0.4, 0.5) is 15.3 Å². The zero-order valence-corrected chi connectivity index (χ0v) is 18.6. The molecule has 3 rings (SSSR count). The van der Waals surface area contributed by atoms with Crippen molar-refractivity contribution in [3.63, 3.8) is 0 Å². The van der Waals surface area contributed by atoms with Crippen molar-refractivity contribution in [2.45, 2.75) is 45.4 Å². The maximum absolute atomic E-state index is 12.6. The second-order valence-corrected chi connectivity index (χ2v) is 8.66. The molecule has 1 aliphatic heterocycles. The molecule has 0 saturated carbocycles. The summed E-state index contributed by atoms with van der Waals surface area (Å²) < 4.78 is 10.5. The van der Waals surface area contributed by atoms with E-state index in [4.69, 9.17) is 9.47 Å². The third-order valence-corrected chi connectivity index (χ3v) is 4.76. The summed E-state index contributed by atoms with van der Waals surface area (Å²) in [5.74, 6) is -0.0841. The van der Waals surface area contributed by atoms with E-state index in [9.17, 15) is 14.4 Å². The van der Waals surface area contributed by atoms with Crippen molar-refractivity contribution in [2.24, 2.45) is 0 Å². The maximum atomic E-state index is 12.6. The monoisotopic (exact) mass is 439 g/mol. The summed E-state index contributed by atoms with van der Waals surface area (Å²) in [6.07, 6.45) is -0.936. The van der Waals surface area contributed by atoms with E-state index >= 15 is 0 Å². The molecule has 0 aliphatic carbocycles. The molecule has 1 heterocycles. The molecule has 3 amide bonds. The summed E-state index contributed by atoms with van der Waals surface area (Å²) >= 11 is 0. The number of anilines is 1. The molecule has 1 aliphatic rings. The quantitative estimate of drug-likeness (QED) is 0.715. The van der Waals surface area contributed by atoms with Crippen molar-refractivity contribution in [1.82, 2.24) is 10.2 Å². The first-order valence-corrected chi connectivity index (χ1v) is 10.5. The Bertz CT molecular complexity index is 950. The number of amides is 3. The van der Waals surface area contributed by atoms with Gasteiger partial charge in [-0.2, -0.15) is 0 Å². The minimum Gasteiger partial charge on any atom is -0.445 e. The van der Waals surface area contributed by atoms with Crippen molar-refractivity contribution in [3.8, 4) is 0 Å². The molecule has 2 aromatic carbocycles. The minimum atomic E-state index is -0.614. The van der Waals surface area contributed by atoms with Gasteiger partial charge in [0, 0.05) is 18.8 Å². The molecule has 2 aromatic rings. The number of benzene rings is 2. The molecule has 0 spiro atoms. The van der Waals surface area contributed by atoms with Gasteiger partial charge in [0.1, 0.15) is 12.2 Å². The number of carbonyl (C=O) groups is 3. The Balaban J connectivity index is 1.44. The number of hydrogen-bond donors (Lipinski definition) is 2. The molecule has 8 nitrogen and oxygen atoms in total. The van der Waals surface area contributed by atoms with Crippen LogP contribution in [0.2, 0.25) is 0 Å². The fourth-order valence-electron chi connectivity index (χ4n) is 3.19. The lowest BCUT2D eigenvalue weighted by Crippen LogP contribution is -2.61. The van der Waals surface area contributed by atoms with Crippen LogP contribution in [0.25, 0.3) is 0 Å². The van der Waals surface area contributed by atoms with Crippen LogP contribution < -0.4 is 10.6 Å². The molecule has 32 heavy (non-hydrogen) atoms. The van der Waals surface area contributed by atoms with Crippen molar-refractivity contribution >= 4 is 23.8 Å². The molecule has 0 radical (unpaired) electrons. The summed E-state index contributed by atoms with van der Waals surface area (Å²) in [5.41, 5.74) is 1.53. The number of likely N-dealkylation sites (tertiary alicyclic amines) is 1. The van der Waals surface area contributed by atoms with Gasteiger partial charge in [0.2, 0.25) is 5.91 Å². The van der Waals surface area contributed by atoms with Gasteiger partial charge in [0.25, 0.3) is 0 Å². The summed E-state index contributed by atoms with van der Waals surface area (Å²) in [6, 6.07) is 16.4. The predicted octanol–water partition coefficient (Wildman–Crippen LogP) is 3.71. The molecule has 0 atom stereocenters. The third kappa shape index (κ3) is 7.01. The fraction of sp³-hybridized carbons (Fsp3) is 0.375. The van der Waals surface area contributed by atoms with Gasteiger partial charge in [0.05, 0.1) is 12.5 Å². The zero-order chi connectivity index (χ0) is 23.1. The first-order valence-electron chi connectivity index (χ1n) is 10.5. The van der Waals surface area contributed by atoms with E-state index < -0.39 is 17.8 Å². The lowest BCUT2D eigenvalue weighted by atomic mass is 10.0. The Morgan fingerprint density at radius 2 is 1.62 bits per heavy atom. The van der Waals surface area contributed by atoms with Gasteiger partial charge in [-0.05, 0) is 38.0 Å². The van der Waals surface area contributed by atoms with Crippen molar-refractivity contribution < 1.29 is 23.9 Å². The number of alkyl carbamates (subject to hydrolysis) is 1. The summed E-state index contributed by atoms with van der Waals surface area (Å²) in [7, 11) is 0. The molecule has 8 heteroatoms. The Labute approximate surface area is 187 Å². The van der Waals surface area contributed by atoms with Crippen LogP contribution in [0.3, 0.4) is 0 Å². The first-order chi connectivity index (χ1) is 15.2. The second kappa shape index (κ2) is 10.2. The zero-order valence-electron chi connectivity index (χ0n) is 18.6. The highest BCUT2D eigenvalue weighted by Crippen LogP contribution is 2.20. The Kier molecular flexibility index (Phi) is 7.35. The molecule has 1 fully saturated rings. The van der Waals surface area contributed by atoms with Crippen LogP contribution in [-0.2, 0) is 27.3 Å². The lowest BCUT2D eigenvalue weighted by molar-refractivity contribution is -0.135. The number of nitrogens with one attached hydrogen (secondary N) is 2. The number of rotatable bonds is 6. The molecule has 170 valence electrons. The van der Waals surface area contributed by atoms with E-state index in [0.29, 0.717) is 24.3 Å². The smallest absolute Gasteiger partial charge is 0.412 e.